The Balaban J connectivity index is 2.05. The Kier molecular flexibility index (Phi) is 5.14. The number of hydrogen-bond acceptors (Lipinski definition) is 5. The van der Waals surface area contributed by atoms with Gasteiger partial charge in [-0.1, -0.05) is 48.5 Å². The first kappa shape index (κ1) is 19.9. The summed E-state index contributed by atoms with van der Waals surface area (Å²) in [4.78, 5) is 13.3. The normalized spacial score (nSPS) is 28.0. The summed E-state index contributed by atoms with van der Waals surface area (Å²) in [7, 11) is 0. The van der Waals surface area contributed by atoms with E-state index in [0.29, 0.717) is 0 Å². The van der Waals surface area contributed by atoms with Gasteiger partial charge in [-0.05, 0) is 54.0 Å². The van der Waals surface area contributed by atoms with E-state index in [4.69, 9.17) is 10.1 Å². The fourth-order valence-electron chi connectivity index (χ4n) is 5.25. The van der Waals surface area contributed by atoms with Crippen molar-refractivity contribution in [2.45, 2.75) is 32.1 Å². The Morgan fingerprint density at radius 1 is 1.23 bits per heavy atom. The maximum absolute atomic E-state index is 13.3. The van der Waals surface area contributed by atoms with E-state index in [1.165, 1.54) is 0 Å². The molecule has 0 unspecified atom stereocenters. The lowest BCUT2D eigenvalue weighted by atomic mass is 9.52. The predicted molar refractivity (Wildman–Crippen MR) is 114 cm³/mol. The average molecular weight is 397 g/mol. The predicted octanol–water partition coefficient (Wildman–Crippen LogP) is 4.90. The molecule has 2 aromatic rings. The Morgan fingerprint density at radius 3 is 2.73 bits per heavy atom. The van der Waals surface area contributed by atoms with Gasteiger partial charge in [-0.25, -0.2) is 4.79 Å². The summed E-state index contributed by atoms with van der Waals surface area (Å²) in [5, 5.41) is 31.1. The van der Waals surface area contributed by atoms with Crippen LogP contribution in [0.15, 0.2) is 54.1 Å². The summed E-state index contributed by atoms with van der Waals surface area (Å²) in [5.74, 6) is -2.32. The fourth-order valence-corrected chi connectivity index (χ4v) is 5.25. The van der Waals surface area contributed by atoms with Gasteiger partial charge in [-0.3, -0.25) is 0 Å². The number of nitrogens with zero attached hydrogens (tertiary/aromatic N) is 2. The highest BCUT2D eigenvalue weighted by Crippen LogP contribution is 2.56. The lowest BCUT2D eigenvalue weighted by Crippen LogP contribution is -2.54. The lowest BCUT2D eigenvalue weighted by Gasteiger charge is -2.47. The maximum Gasteiger partial charge on any atom is 0.333 e. The Hall–Kier alpha value is -3.44. The second-order valence-electron chi connectivity index (χ2n) is 7.90. The van der Waals surface area contributed by atoms with Crippen molar-refractivity contribution in [1.82, 2.24) is 0 Å². The quantitative estimate of drug-likeness (QED) is 0.588. The van der Waals surface area contributed by atoms with Crippen molar-refractivity contribution in [2.24, 2.45) is 17.3 Å². The number of nitrogens with one attached hydrogen (secondary N) is 1. The number of carbonyl (C=O) groups excluding carboxylic acids is 1. The fraction of sp³-hybridized carbons (Fsp3) is 0.360. The van der Waals surface area contributed by atoms with Gasteiger partial charge in [0.1, 0.15) is 5.92 Å². The molecular formula is C25H23N3O2. The molecule has 4 atom stereocenters. The molecule has 150 valence electrons. The van der Waals surface area contributed by atoms with Crippen molar-refractivity contribution in [2.75, 3.05) is 6.61 Å². The summed E-state index contributed by atoms with van der Waals surface area (Å²) in [6.07, 6.45) is 4.58. The SMILES string of the molecule is CCOC(=O)[C@@]1(C#N)C(=N)[C@@H](C#N)C2=CCCC[C@H]2[C@H]1c1cccc2ccccc12. The molecule has 0 spiro atoms. The van der Waals surface area contributed by atoms with Gasteiger partial charge in [0, 0.05) is 5.92 Å². The molecule has 0 saturated heterocycles. The van der Waals surface area contributed by atoms with Crippen molar-refractivity contribution < 1.29 is 9.53 Å². The molecule has 0 bridgehead atoms. The van der Waals surface area contributed by atoms with Crippen LogP contribution >= 0.6 is 0 Å². The third-order valence-corrected chi connectivity index (χ3v) is 6.50. The van der Waals surface area contributed by atoms with Gasteiger partial charge < -0.3 is 10.1 Å². The van der Waals surface area contributed by atoms with Crippen molar-refractivity contribution >= 4 is 22.5 Å². The first-order chi connectivity index (χ1) is 14.6. The van der Waals surface area contributed by atoms with Crippen LogP contribution in [0.3, 0.4) is 0 Å². The molecule has 2 aliphatic rings. The van der Waals surface area contributed by atoms with Crippen LogP contribution in [0.2, 0.25) is 0 Å². The maximum atomic E-state index is 13.3. The van der Waals surface area contributed by atoms with Crippen LogP contribution in [0, 0.1) is 45.3 Å². The smallest absolute Gasteiger partial charge is 0.333 e. The van der Waals surface area contributed by atoms with Gasteiger partial charge in [0.2, 0.25) is 5.41 Å². The number of allylic oxidation sites excluding steroid dienone is 2. The van der Waals surface area contributed by atoms with Crippen LogP contribution in [0.4, 0.5) is 0 Å². The molecule has 2 aromatic carbocycles. The average Bonchev–Trinajstić information content (AvgIpc) is 2.78. The number of rotatable bonds is 3. The summed E-state index contributed by atoms with van der Waals surface area (Å²) < 4.78 is 5.35. The minimum absolute atomic E-state index is 0.113. The molecule has 0 amide bonds. The van der Waals surface area contributed by atoms with Crippen molar-refractivity contribution in [3.63, 3.8) is 0 Å². The summed E-state index contributed by atoms with van der Waals surface area (Å²) >= 11 is 0. The van der Waals surface area contributed by atoms with E-state index in [0.717, 1.165) is 41.2 Å². The van der Waals surface area contributed by atoms with Gasteiger partial charge >= 0.3 is 5.97 Å². The van der Waals surface area contributed by atoms with E-state index in [1.54, 1.807) is 6.92 Å². The van der Waals surface area contributed by atoms with Crippen LogP contribution in [-0.4, -0.2) is 18.3 Å². The van der Waals surface area contributed by atoms with Crippen molar-refractivity contribution in [3.8, 4) is 12.1 Å². The summed E-state index contributed by atoms with van der Waals surface area (Å²) in [5.41, 5.74) is -0.239. The highest BCUT2D eigenvalue weighted by atomic mass is 16.5. The van der Waals surface area contributed by atoms with E-state index >= 15 is 0 Å². The highest BCUT2D eigenvalue weighted by molar-refractivity contribution is 6.13. The van der Waals surface area contributed by atoms with Crippen LogP contribution in [-0.2, 0) is 9.53 Å². The lowest BCUT2D eigenvalue weighted by molar-refractivity contribution is -0.150. The monoisotopic (exact) mass is 397 g/mol. The van der Waals surface area contributed by atoms with Crippen LogP contribution in [0.25, 0.3) is 10.8 Å². The zero-order valence-corrected chi connectivity index (χ0v) is 16.9. The molecule has 1 N–H and O–H groups in total. The Labute approximate surface area is 176 Å². The number of carbonyl (C=O) groups is 1. The van der Waals surface area contributed by atoms with Crippen LogP contribution < -0.4 is 0 Å². The number of benzene rings is 2. The summed E-state index contributed by atoms with van der Waals surface area (Å²) in [6, 6.07) is 18.1. The molecule has 1 saturated carbocycles. The van der Waals surface area contributed by atoms with E-state index in [9.17, 15) is 15.3 Å². The molecule has 0 heterocycles. The molecule has 0 radical (unpaired) electrons. The number of ether oxygens (including phenoxy) is 1. The summed E-state index contributed by atoms with van der Waals surface area (Å²) in [6.45, 7) is 1.80. The zero-order chi connectivity index (χ0) is 21.3. The number of nitriles is 2. The van der Waals surface area contributed by atoms with Gasteiger partial charge in [-0.15, -0.1) is 0 Å². The van der Waals surface area contributed by atoms with Crippen molar-refractivity contribution in [3.05, 3.63) is 59.7 Å². The Bertz CT molecular complexity index is 1130. The molecule has 0 aromatic heterocycles. The number of hydrogen-bond donors (Lipinski definition) is 1. The first-order valence-corrected chi connectivity index (χ1v) is 10.3. The first-order valence-electron chi connectivity index (χ1n) is 10.3. The second kappa shape index (κ2) is 7.76. The minimum atomic E-state index is -1.82. The van der Waals surface area contributed by atoms with E-state index in [1.807, 2.05) is 48.5 Å². The third kappa shape index (κ3) is 2.74. The van der Waals surface area contributed by atoms with E-state index in [-0.39, 0.29) is 18.2 Å². The van der Waals surface area contributed by atoms with E-state index < -0.39 is 23.2 Å². The zero-order valence-electron chi connectivity index (χ0n) is 16.9. The van der Waals surface area contributed by atoms with E-state index in [2.05, 4.69) is 12.1 Å². The van der Waals surface area contributed by atoms with Gasteiger partial charge in [0.25, 0.3) is 0 Å². The molecule has 5 heteroatoms. The standard InChI is InChI=1S/C25H23N3O2/c1-2-30-24(29)25(15-27)22(19-13-7-9-16-8-3-4-10-17(16)19)20-12-6-5-11-18(20)21(14-26)23(25)28/h3-4,7-11,13,20-22,28H,2,5-6,12H2,1H3/t20-,21+,22-,25-/m1/s1. The molecular weight excluding hydrogens is 374 g/mol. The molecule has 0 aliphatic heterocycles. The highest BCUT2D eigenvalue weighted by Gasteiger charge is 2.61. The molecule has 2 aliphatic carbocycles. The van der Waals surface area contributed by atoms with Crippen LogP contribution in [0.1, 0.15) is 37.7 Å². The largest absolute Gasteiger partial charge is 0.464 e. The van der Waals surface area contributed by atoms with Gasteiger partial charge in [0.15, 0.2) is 0 Å². The second-order valence-corrected chi connectivity index (χ2v) is 7.90. The minimum Gasteiger partial charge on any atom is -0.464 e. The molecule has 30 heavy (non-hydrogen) atoms. The third-order valence-electron chi connectivity index (χ3n) is 6.50. The number of fused-ring (bicyclic) bond motifs is 2. The molecule has 5 nitrogen and oxygen atoms in total. The Morgan fingerprint density at radius 2 is 2.00 bits per heavy atom. The number of esters is 1. The van der Waals surface area contributed by atoms with Gasteiger partial charge in [-0.2, -0.15) is 10.5 Å². The van der Waals surface area contributed by atoms with Crippen LogP contribution in [0.5, 0.6) is 0 Å². The topological polar surface area (TPSA) is 97.7 Å². The van der Waals surface area contributed by atoms with Crippen molar-refractivity contribution in [1.29, 1.82) is 15.9 Å². The molecule has 4 rings (SSSR count). The van der Waals surface area contributed by atoms with Gasteiger partial charge in [0.05, 0.1) is 24.5 Å². The molecule has 1 fully saturated rings.